The molecule has 4 rings (SSSR count). The molecule has 1 aliphatic heterocycles. The van der Waals surface area contributed by atoms with Crippen LogP contribution < -0.4 is 14.8 Å². The van der Waals surface area contributed by atoms with E-state index in [1.54, 1.807) is 12.4 Å². The summed E-state index contributed by atoms with van der Waals surface area (Å²) in [4.78, 5) is 4.39. The summed E-state index contributed by atoms with van der Waals surface area (Å²) in [6.07, 6.45) is 3.51. The van der Waals surface area contributed by atoms with Gasteiger partial charge in [-0.05, 0) is 29.7 Å². The molecule has 0 atom stereocenters. The maximum Gasteiger partial charge on any atom is 0.231 e. The summed E-state index contributed by atoms with van der Waals surface area (Å²) in [6.45, 7) is 0.913. The Morgan fingerprint density at radius 1 is 1.15 bits per heavy atom. The lowest BCUT2D eigenvalue weighted by atomic mass is 10.1. The van der Waals surface area contributed by atoms with Gasteiger partial charge >= 0.3 is 0 Å². The van der Waals surface area contributed by atoms with Gasteiger partial charge in [0.1, 0.15) is 5.82 Å². The Kier molecular flexibility index (Phi) is 2.45. The fourth-order valence-electron chi connectivity index (χ4n) is 2.27. The van der Waals surface area contributed by atoms with Crippen molar-refractivity contribution >= 4 is 16.6 Å². The molecule has 6 nitrogen and oxygen atoms in total. The zero-order valence-corrected chi connectivity index (χ0v) is 10.6. The van der Waals surface area contributed by atoms with Crippen molar-refractivity contribution in [3.8, 4) is 11.5 Å². The standard InChI is InChI=1S/C14H12N4O2/c1-3-15-14(16-7-10-2-4-17-18-10)11-6-13-12(5-9(1)11)19-8-20-13/h1-6H,7-8H2,(H,15,16)(H,17,18). The maximum absolute atomic E-state index is 5.42. The molecular weight excluding hydrogens is 256 g/mol. The van der Waals surface area contributed by atoms with Gasteiger partial charge in [-0.25, -0.2) is 4.98 Å². The second-order valence-electron chi connectivity index (χ2n) is 4.52. The summed E-state index contributed by atoms with van der Waals surface area (Å²) in [7, 11) is 0. The first-order chi connectivity index (χ1) is 9.90. The van der Waals surface area contributed by atoms with E-state index in [9.17, 15) is 0 Å². The van der Waals surface area contributed by atoms with Crippen LogP contribution in [0.15, 0.2) is 36.7 Å². The number of hydrogen-bond acceptors (Lipinski definition) is 5. The number of fused-ring (bicyclic) bond motifs is 2. The second kappa shape index (κ2) is 4.41. The minimum absolute atomic E-state index is 0.274. The Morgan fingerprint density at radius 2 is 2.05 bits per heavy atom. The predicted octanol–water partition coefficient (Wildman–Crippen LogP) is 2.30. The third-order valence-corrected chi connectivity index (χ3v) is 3.26. The van der Waals surface area contributed by atoms with E-state index in [-0.39, 0.29) is 6.79 Å². The van der Waals surface area contributed by atoms with E-state index in [0.29, 0.717) is 6.54 Å². The average molecular weight is 268 g/mol. The molecule has 0 unspecified atom stereocenters. The summed E-state index contributed by atoms with van der Waals surface area (Å²) in [5.41, 5.74) is 1.00. The van der Waals surface area contributed by atoms with E-state index in [2.05, 4.69) is 20.5 Å². The largest absolute Gasteiger partial charge is 0.454 e. The van der Waals surface area contributed by atoms with E-state index in [1.807, 2.05) is 24.3 Å². The molecule has 0 aliphatic carbocycles. The number of rotatable bonds is 3. The molecule has 100 valence electrons. The van der Waals surface area contributed by atoms with Crippen LogP contribution in [-0.2, 0) is 6.54 Å². The van der Waals surface area contributed by atoms with Gasteiger partial charge in [-0.3, -0.25) is 5.10 Å². The summed E-state index contributed by atoms with van der Waals surface area (Å²) in [6, 6.07) is 7.81. The van der Waals surface area contributed by atoms with E-state index < -0.39 is 0 Å². The minimum atomic E-state index is 0.274. The normalized spacial score (nSPS) is 12.8. The molecule has 0 saturated carbocycles. The van der Waals surface area contributed by atoms with Crippen LogP contribution in [0.1, 0.15) is 5.69 Å². The van der Waals surface area contributed by atoms with Crippen LogP contribution in [0.2, 0.25) is 0 Å². The SMILES string of the molecule is c1cc(CNc2nccc3cc4c(cc23)OCO4)[nH]n1. The molecule has 2 aromatic heterocycles. The molecule has 2 N–H and O–H groups in total. The highest BCUT2D eigenvalue weighted by Gasteiger charge is 2.15. The Balaban J connectivity index is 1.71. The third-order valence-electron chi connectivity index (χ3n) is 3.26. The Hall–Kier alpha value is -2.76. The van der Waals surface area contributed by atoms with E-state index in [4.69, 9.17) is 9.47 Å². The number of nitrogens with zero attached hydrogens (tertiary/aromatic N) is 2. The first-order valence-electron chi connectivity index (χ1n) is 6.31. The summed E-state index contributed by atoms with van der Waals surface area (Å²) in [5, 5.41) is 12.2. The number of hydrogen-bond donors (Lipinski definition) is 2. The van der Waals surface area contributed by atoms with Gasteiger partial charge in [-0.15, -0.1) is 0 Å². The van der Waals surface area contributed by atoms with Crippen molar-refractivity contribution in [2.75, 3.05) is 12.1 Å². The van der Waals surface area contributed by atoms with Crippen molar-refractivity contribution in [2.45, 2.75) is 6.54 Å². The van der Waals surface area contributed by atoms with Gasteiger partial charge in [0.25, 0.3) is 0 Å². The van der Waals surface area contributed by atoms with Crippen LogP contribution in [0.25, 0.3) is 10.8 Å². The van der Waals surface area contributed by atoms with Crippen molar-refractivity contribution < 1.29 is 9.47 Å². The van der Waals surface area contributed by atoms with Gasteiger partial charge in [-0.2, -0.15) is 5.10 Å². The smallest absolute Gasteiger partial charge is 0.231 e. The Morgan fingerprint density at radius 3 is 2.90 bits per heavy atom. The number of aromatic nitrogens is 3. The maximum atomic E-state index is 5.42. The van der Waals surface area contributed by atoms with E-state index in [0.717, 1.165) is 33.8 Å². The highest BCUT2D eigenvalue weighted by molar-refractivity contribution is 5.94. The number of anilines is 1. The zero-order chi connectivity index (χ0) is 13.4. The van der Waals surface area contributed by atoms with Crippen LogP contribution in [0.5, 0.6) is 11.5 Å². The fourth-order valence-corrected chi connectivity index (χ4v) is 2.27. The minimum Gasteiger partial charge on any atom is -0.454 e. The molecule has 0 radical (unpaired) electrons. The average Bonchev–Trinajstić information content (AvgIpc) is 3.13. The Labute approximate surface area is 114 Å². The molecule has 3 aromatic rings. The molecule has 1 aromatic carbocycles. The van der Waals surface area contributed by atoms with Gasteiger partial charge in [0, 0.05) is 17.8 Å². The Bertz CT molecular complexity index is 755. The molecule has 3 heterocycles. The fraction of sp³-hybridized carbons (Fsp3) is 0.143. The van der Waals surface area contributed by atoms with Gasteiger partial charge < -0.3 is 14.8 Å². The molecule has 0 fully saturated rings. The molecule has 20 heavy (non-hydrogen) atoms. The monoisotopic (exact) mass is 268 g/mol. The van der Waals surface area contributed by atoms with Crippen LogP contribution in [0.4, 0.5) is 5.82 Å². The van der Waals surface area contributed by atoms with Gasteiger partial charge in [0.15, 0.2) is 11.5 Å². The van der Waals surface area contributed by atoms with Crippen molar-refractivity contribution in [3.05, 3.63) is 42.4 Å². The summed E-state index contributed by atoms with van der Waals surface area (Å²) < 4.78 is 10.8. The molecule has 0 spiro atoms. The molecular formula is C14H12N4O2. The summed E-state index contributed by atoms with van der Waals surface area (Å²) in [5.74, 6) is 2.36. The molecule has 6 heteroatoms. The highest BCUT2D eigenvalue weighted by Crippen LogP contribution is 2.37. The van der Waals surface area contributed by atoms with Crippen molar-refractivity contribution in [1.82, 2.24) is 15.2 Å². The molecule has 0 saturated heterocycles. The topological polar surface area (TPSA) is 72.1 Å². The van der Waals surface area contributed by atoms with Gasteiger partial charge in [-0.1, -0.05) is 0 Å². The number of benzene rings is 1. The quantitative estimate of drug-likeness (QED) is 0.762. The number of aromatic amines is 1. The van der Waals surface area contributed by atoms with Crippen LogP contribution in [0.3, 0.4) is 0 Å². The zero-order valence-electron chi connectivity index (χ0n) is 10.6. The summed E-state index contributed by atoms with van der Waals surface area (Å²) >= 11 is 0. The molecule has 1 aliphatic rings. The van der Waals surface area contributed by atoms with Crippen molar-refractivity contribution in [3.63, 3.8) is 0 Å². The lowest BCUT2D eigenvalue weighted by Crippen LogP contribution is -2.02. The highest BCUT2D eigenvalue weighted by atomic mass is 16.7. The third kappa shape index (κ3) is 1.82. The van der Waals surface area contributed by atoms with Crippen molar-refractivity contribution in [1.29, 1.82) is 0 Å². The number of H-pyrrole nitrogens is 1. The first kappa shape index (κ1) is 11.1. The number of pyridine rings is 1. The van der Waals surface area contributed by atoms with E-state index in [1.165, 1.54) is 0 Å². The second-order valence-corrected chi connectivity index (χ2v) is 4.52. The number of nitrogens with one attached hydrogen (secondary N) is 2. The molecule has 0 amide bonds. The van der Waals surface area contributed by atoms with Crippen LogP contribution in [-0.4, -0.2) is 22.0 Å². The van der Waals surface area contributed by atoms with Crippen LogP contribution in [0, 0.1) is 0 Å². The van der Waals surface area contributed by atoms with Gasteiger partial charge in [0.05, 0.1) is 12.2 Å². The number of ether oxygens (including phenoxy) is 2. The lowest BCUT2D eigenvalue weighted by Gasteiger charge is -2.08. The first-order valence-corrected chi connectivity index (χ1v) is 6.31. The van der Waals surface area contributed by atoms with Gasteiger partial charge in [0.2, 0.25) is 6.79 Å². The van der Waals surface area contributed by atoms with E-state index >= 15 is 0 Å². The predicted molar refractivity (Wildman–Crippen MR) is 73.8 cm³/mol. The lowest BCUT2D eigenvalue weighted by molar-refractivity contribution is 0.174. The van der Waals surface area contributed by atoms with Crippen LogP contribution >= 0.6 is 0 Å². The molecule has 0 bridgehead atoms. The van der Waals surface area contributed by atoms with Crippen molar-refractivity contribution in [2.24, 2.45) is 0 Å².